The van der Waals surface area contributed by atoms with Crippen LogP contribution in [0.3, 0.4) is 0 Å². The Morgan fingerprint density at radius 1 is 0.861 bits per heavy atom. The van der Waals surface area contributed by atoms with Crippen LogP contribution in [0, 0.1) is 0 Å². The lowest BCUT2D eigenvalue weighted by Crippen LogP contribution is -2.48. The molecule has 1 saturated heterocycles. The summed E-state index contributed by atoms with van der Waals surface area (Å²) in [6, 6.07) is 16.5. The highest BCUT2D eigenvalue weighted by Crippen LogP contribution is 2.34. The number of piperazine rings is 1. The third-order valence-corrected chi connectivity index (χ3v) is 6.62. The van der Waals surface area contributed by atoms with E-state index in [-0.39, 0.29) is 0 Å². The number of H-pyrrole nitrogens is 1. The fourth-order valence-corrected chi connectivity index (χ4v) is 4.56. The molecule has 188 valence electrons. The van der Waals surface area contributed by atoms with E-state index in [9.17, 15) is 0 Å². The first-order chi connectivity index (χ1) is 17.6. The predicted octanol–water partition coefficient (Wildman–Crippen LogP) is 4.99. The monoisotopic (exact) mass is 487 g/mol. The molecule has 0 spiro atoms. The summed E-state index contributed by atoms with van der Waals surface area (Å²) in [5.41, 5.74) is 3.51. The van der Waals surface area contributed by atoms with E-state index in [4.69, 9.17) is 14.5 Å². The number of hydrogen-bond donors (Lipinski definition) is 3. The zero-order chi connectivity index (χ0) is 25.1. The van der Waals surface area contributed by atoms with E-state index >= 15 is 0 Å². The number of nitrogens with zero attached hydrogens (tertiary/aromatic N) is 4. The SMILES string of the molecule is COc1cc(N2CCN(C(C)C)CC2)ccc1Nc1nc(Nc2ccccc2OC)c2cc[nH]c2n1. The van der Waals surface area contributed by atoms with Crippen LogP contribution in [0.1, 0.15) is 13.8 Å². The second kappa shape index (κ2) is 10.3. The fourth-order valence-electron chi connectivity index (χ4n) is 4.56. The van der Waals surface area contributed by atoms with Crippen LogP contribution in [0.15, 0.2) is 54.7 Å². The Morgan fingerprint density at radius 3 is 2.36 bits per heavy atom. The lowest BCUT2D eigenvalue weighted by Gasteiger charge is -2.38. The third-order valence-electron chi connectivity index (χ3n) is 6.62. The first kappa shape index (κ1) is 23.7. The van der Waals surface area contributed by atoms with Gasteiger partial charge in [-0.05, 0) is 44.2 Å². The number of aromatic nitrogens is 3. The Kier molecular flexibility index (Phi) is 6.81. The molecule has 1 fully saturated rings. The highest BCUT2D eigenvalue weighted by atomic mass is 16.5. The van der Waals surface area contributed by atoms with Crippen LogP contribution in [0.25, 0.3) is 11.0 Å². The smallest absolute Gasteiger partial charge is 0.231 e. The van der Waals surface area contributed by atoms with Crippen molar-refractivity contribution in [3.8, 4) is 11.5 Å². The van der Waals surface area contributed by atoms with Gasteiger partial charge in [-0.2, -0.15) is 9.97 Å². The number of nitrogens with one attached hydrogen (secondary N) is 3. The zero-order valence-electron chi connectivity index (χ0n) is 21.2. The molecule has 36 heavy (non-hydrogen) atoms. The van der Waals surface area contributed by atoms with E-state index in [0.717, 1.165) is 65.8 Å². The summed E-state index contributed by atoms with van der Waals surface area (Å²) in [5.74, 6) is 2.61. The number of benzene rings is 2. The van der Waals surface area contributed by atoms with Gasteiger partial charge in [-0.1, -0.05) is 12.1 Å². The topological polar surface area (TPSA) is 90.6 Å². The molecular weight excluding hydrogens is 454 g/mol. The van der Waals surface area contributed by atoms with Gasteiger partial charge in [0.2, 0.25) is 5.95 Å². The molecule has 0 bridgehead atoms. The number of para-hydroxylation sites is 2. The minimum atomic E-state index is 0.457. The van der Waals surface area contributed by atoms with Gasteiger partial charge < -0.3 is 30.0 Å². The van der Waals surface area contributed by atoms with Crippen LogP contribution in [-0.2, 0) is 0 Å². The summed E-state index contributed by atoms with van der Waals surface area (Å²) in [4.78, 5) is 17.5. The molecule has 9 nitrogen and oxygen atoms in total. The van der Waals surface area contributed by atoms with Crippen LogP contribution in [-0.4, -0.2) is 66.3 Å². The van der Waals surface area contributed by atoms with Gasteiger partial charge in [-0.25, -0.2) is 0 Å². The Bertz CT molecular complexity index is 1330. The molecule has 1 aliphatic heterocycles. The average molecular weight is 488 g/mol. The number of hydrogen-bond acceptors (Lipinski definition) is 8. The molecule has 3 N–H and O–H groups in total. The molecule has 1 aliphatic rings. The molecule has 9 heteroatoms. The standard InChI is InChI=1S/C27H33N7O2/c1-18(2)33-13-15-34(16-14-33)19-9-10-22(24(17-19)36-4)30-27-31-25-20(11-12-28-25)26(32-27)29-21-7-5-6-8-23(21)35-3/h5-12,17-18H,13-16H2,1-4H3,(H3,28,29,30,31,32). The van der Waals surface area contributed by atoms with Crippen molar-refractivity contribution in [2.24, 2.45) is 0 Å². The largest absolute Gasteiger partial charge is 0.495 e. The lowest BCUT2D eigenvalue weighted by molar-refractivity contribution is 0.209. The second-order valence-corrected chi connectivity index (χ2v) is 9.09. The first-order valence-corrected chi connectivity index (χ1v) is 12.2. The van der Waals surface area contributed by atoms with Gasteiger partial charge in [-0.3, -0.25) is 4.90 Å². The summed E-state index contributed by atoms with van der Waals surface area (Å²) in [7, 11) is 3.34. The van der Waals surface area contributed by atoms with Crippen molar-refractivity contribution in [1.29, 1.82) is 0 Å². The van der Waals surface area contributed by atoms with Gasteiger partial charge in [0.1, 0.15) is 23.0 Å². The van der Waals surface area contributed by atoms with Gasteiger partial charge in [-0.15, -0.1) is 0 Å². The normalized spacial score (nSPS) is 14.3. The Balaban J connectivity index is 1.39. The van der Waals surface area contributed by atoms with Gasteiger partial charge in [0.05, 0.1) is 31.0 Å². The molecule has 2 aromatic heterocycles. The van der Waals surface area contributed by atoms with E-state index in [1.165, 1.54) is 0 Å². The van der Waals surface area contributed by atoms with Crippen molar-refractivity contribution in [3.05, 3.63) is 54.7 Å². The molecule has 0 radical (unpaired) electrons. The average Bonchev–Trinajstić information content (AvgIpc) is 3.38. The van der Waals surface area contributed by atoms with Crippen LogP contribution in [0.5, 0.6) is 11.5 Å². The van der Waals surface area contributed by atoms with E-state index in [1.807, 2.05) is 42.6 Å². The third kappa shape index (κ3) is 4.87. The van der Waals surface area contributed by atoms with Crippen LogP contribution >= 0.6 is 0 Å². The van der Waals surface area contributed by atoms with Gasteiger partial charge in [0.15, 0.2) is 0 Å². The van der Waals surface area contributed by atoms with Crippen molar-refractivity contribution in [3.63, 3.8) is 0 Å². The van der Waals surface area contributed by atoms with Gasteiger partial charge in [0.25, 0.3) is 0 Å². The summed E-state index contributed by atoms with van der Waals surface area (Å²) in [5, 5.41) is 7.62. The lowest BCUT2D eigenvalue weighted by atomic mass is 10.2. The van der Waals surface area contributed by atoms with Gasteiger partial charge in [0, 0.05) is 50.2 Å². The van der Waals surface area contributed by atoms with Crippen molar-refractivity contribution in [1.82, 2.24) is 19.9 Å². The molecule has 4 aromatic rings. The van der Waals surface area contributed by atoms with Crippen molar-refractivity contribution < 1.29 is 9.47 Å². The minimum absolute atomic E-state index is 0.457. The zero-order valence-corrected chi connectivity index (χ0v) is 21.2. The number of rotatable bonds is 8. The number of methoxy groups -OCH3 is 2. The molecule has 3 heterocycles. The molecule has 0 unspecified atom stereocenters. The highest BCUT2D eigenvalue weighted by Gasteiger charge is 2.20. The molecule has 0 atom stereocenters. The summed E-state index contributed by atoms with van der Waals surface area (Å²) >= 11 is 0. The van der Waals surface area contributed by atoms with Crippen LogP contribution in [0.2, 0.25) is 0 Å². The van der Waals surface area contributed by atoms with Crippen molar-refractivity contribution in [2.75, 3.05) is 55.9 Å². The van der Waals surface area contributed by atoms with E-state index in [0.29, 0.717) is 17.8 Å². The van der Waals surface area contributed by atoms with Crippen LogP contribution in [0.4, 0.5) is 28.8 Å². The van der Waals surface area contributed by atoms with Crippen molar-refractivity contribution >= 4 is 39.9 Å². The van der Waals surface area contributed by atoms with E-state index in [1.54, 1.807) is 14.2 Å². The van der Waals surface area contributed by atoms with Crippen LogP contribution < -0.4 is 25.0 Å². The minimum Gasteiger partial charge on any atom is -0.495 e. The molecule has 0 aliphatic carbocycles. The predicted molar refractivity (Wildman–Crippen MR) is 145 cm³/mol. The number of fused-ring (bicyclic) bond motifs is 1. The number of aromatic amines is 1. The summed E-state index contributed by atoms with van der Waals surface area (Å²) < 4.78 is 11.2. The van der Waals surface area contributed by atoms with E-state index in [2.05, 4.69) is 56.4 Å². The fraction of sp³-hybridized carbons (Fsp3) is 0.333. The maximum Gasteiger partial charge on any atom is 0.231 e. The molecule has 0 saturated carbocycles. The molecule has 0 amide bonds. The Morgan fingerprint density at radius 2 is 1.61 bits per heavy atom. The maximum atomic E-state index is 5.74. The summed E-state index contributed by atoms with van der Waals surface area (Å²) in [6.07, 6.45) is 1.85. The maximum absolute atomic E-state index is 5.74. The molecular formula is C27H33N7O2. The molecule has 2 aromatic carbocycles. The Labute approximate surface area is 211 Å². The van der Waals surface area contributed by atoms with E-state index < -0.39 is 0 Å². The second-order valence-electron chi connectivity index (χ2n) is 9.09. The number of anilines is 5. The number of ether oxygens (including phenoxy) is 2. The Hall–Kier alpha value is -3.98. The van der Waals surface area contributed by atoms with Gasteiger partial charge >= 0.3 is 0 Å². The molecule has 5 rings (SSSR count). The highest BCUT2D eigenvalue weighted by molar-refractivity contribution is 5.91. The first-order valence-electron chi connectivity index (χ1n) is 12.2. The summed E-state index contributed by atoms with van der Waals surface area (Å²) in [6.45, 7) is 8.63. The quantitative estimate of drug-likeness (QED) is 0.320. The van der Waals surface area contributed by atoms with Crippen molar-refractivity contribution in [2.45, 2.75) is 19.9 Å².